The summed E-state index contributed by atoms with van der Waals surface area (Å²) in [6.45, 7) is 7.75. The summed E-state index contributed by atoms with van der Waals surface area (Å²) in [7, 11) is 0. The first-order valence-corrected chi connectivity index (χ1v) is 13.1. The average molecular weight is 558 g/mol. The molecule has 2 N–H and O–H groups in total. The first kappa shape index (κ1) is 28.9. The second-order valence-electron chi connectivity index (χ2n) is 9.11. The number of carbonyl (C=O) groups is 4. The van der Waals surface area contributed by atoms with E-state index < -0.39 is 23.7 Å². The smallest absolute Gasteiger partial charge is 0.340 e. The number of allylic oxidation sites excluding steroid dienone is 1. The highest BCUT2D eigenvalue weighted by molar-refractivity contribution is 6.39. The standard InChI is InChI=1S/C31H31N3O7/c1-5-39-23-13-11-22(12-14-23)34-20(4)27(31(38)40-6-2)26(30(34)37)17-24-15-16-25(41-24)18-32-28(35)29(36)33-21-9-7-19(3)8-10-21/h7-17H,5-6,18H2,1-4H3,(H,32,35)(H,33,36)/b26-17+. The molecule has 4 rings (SSSR count). The fraction of sp³-hybridized carbons (Fsp3) is 0.226. The lowest BCUT2D eigenvalue weighted by atomic mass is 10.1. The number of carbonyl (C=O) groups excluding carboxylic acids is 4. The van der Waals surface area contributed by atoms with Gasteiger partial charge in [-0.1, -0.05) is 17.7 Å². The number of amides is 3. The minimum absolute atomic E-state index is 0.0603. The predicted molar refractivity (Wildman–Crippen MR) is 153 cm³/mol. The van der Waals surface area contributed by atoms with E-state index in [0.29, 0.717) is 35.2 Å². The van der Waals surface area contributed by atoms with Crippen molar-refractivity contribution in [3.8, 4) is 5.75 Å². The van der Waals surface area contributed by atoms with Gasteiger partial charge in [0.2, 0.25) is 0 Å². The predicted octanol–water partition coefficient (Wildman–Crippen LogP) is 4.51. The summed E-state index contributed by atoms with van der Waals surface area (Å²) in [6, 6.07) is 17.2. The van der Waals surface area contributed by atoms with Crippen LogP contribution in [-0.2, 0) is 30.5 Å². The van der Waals surface area contributed by atoms with Crippen LogP contribution in [0, 0.1) is 6.92 Å². The van der Waals surface area contributed by atoms with Crippen molar-refractivity contribution in [1.29, 1.82) is 0 Å². The molecule has 10 nitrogen and oxygen atoms in total. The molecule has 3 aromatic rings. The molecule has 0 unspecified atom stereocenters. The van der Waals surface area contributed by atoms with Crippen LogP contribution in [0.25, 0.3) is 6.08 Å². The molecule has 3 amide bonds. The normalized spacial score (nSPS) is 13.9. The third-order valence-electron chi connectivity index (χ3n) is 6.19. The van der Waals surface area contributed by atoms with E-state index in [9.17, 15) is 19.2 Å². The minimum atomic E-state index is -0.831. The highest BCUT2D eigenvalue weighted by Crippen LogP contribution is 2.36. The molecule has 1 aromatic heterocycles. The van der Waals surface area contributed by atoms with Crippen LogP contribution in [0.3, 0.4) is 0 Å². The number of aryl methyl sites for hydroxylation is 1. The minimum Gasteiger partial charge on any atom is -0.494 e. The van der Waals surface area contributed by atoms with E-state index in [-0.39, 0.29) is 30.1 Å². The van der Waals surface area contributed by atoms with Crippen molar-refractivity contribution >= 4 is 41.1 Å². The maximum Gasteiger partial charge on any atom is 0.340 e. The van der Waals surface area contributed by atoms with Crippen LogP contribution in [-0.4, -0.2) is 36.9 Å². The maximum absolute atomic E-state index is 13.5. The van der Waals surface area contributed by atoms with E-state index in [2.05, 4.69) is 10.6 Å². The molecule has 212 valence electrons. The van der Waals surface area contributed by atoms with Gasteiger partial charge in [-0.15, -0.1) is 0 Å². The monoisotopic (exact) mass is 557 g/mol. The van der Waals surface area contributed by atoms with Crippen molar-refractivity contribution in [3.05, 3.63) is 94.6 Å². The molecule has 0 saturated carbocycles. The van der Waals surface area contributed by atoms with Crippen LogP contribution in [0.1, 0.15) is 37.9 Å². The van der Waals surface area contributed by atoms with E-state index >= 15 is 0 Å². The summed E-state index contributed by atoms with van der Waals surface area (Å²) in [6.07, 6.45) is 1.46. The number of nitrogens with one attached hydrogen (secondary N) is 2. The van der Waals surface area contributed by atoms with Crippen molar-refractivity contribution in [2.75, 3.05) is 23.4 Å². The van der Waals surface area contributed by atoms with Crippen LogP contribution in [0.5, 0.6) is 5.75 Å². The Labute approximate surface area is 237 Å². The molecule has 1 aliphatic heterocycles. The molecule has 2 aromatic carbocycles. The number of hydrogen-bond acceptors (Lipinski definition) is 7. The van der Waals surface area contributed by atoms with Crippen molar-refractivity contribution in [3.63, 3.8) is 0 Å². The number of rotatable bonds is 9. The molecular weight excluding hydrogens is 526 g/mol. The second kappa shape index (κ2) is 12.8. The van der Waals surface area contributed by atoms with Crippen LogP contribution < -0.4 is 20.3 Å². The Balaban J connectivity index is 1.50. The zero-order valence-electron chi connectivity index (χ0n) is 23.3. The van der Waals surface area contributed by atoms with E-state index in [1.54, 1.807) is 62.4 Å². The molecule has 10 heteroatoms. The number of ether oxygens (including phenoxy) is 2. The number of esters is 1. The Hall–Kier alpha value is -5.12. The maximum atomic E-state index is 13.5. The lowest BCUT2D eigenvalue weighted by molar-refractivity contribution is -0.138. The third kappa shape index (κ3) is 6.73. The van der Waals surface area contributed by atoms with Crippen LogP contribution >= 0.6 is 0 Å². The third-order valence-corrected chi connectivity index (χ3v) is 6.19. The summed E-state index contributed by atoms with van der Waals surface area (Å²) >= 11 is 0. The number of furan rings is 1. The summed E-state index contributed by atoms with van der Waals surface area (Å²) < 4.78 is 16.5. The van der Waals surface area contributed by atoms with Gasteiger partial charge in [0.15, 0.2) is 0 Å². The summed E-state index contributed by atoms with van der Waals surface area (Å²) in [5, 5.41) is 5.04. The lowest BCUT2D eigenvalue weighted by Crippen LogP contribution is -2.34. The fourth-order valence-corrected chi connectivity index (χ4v) is 4.23. The van der Waals surface area contributed by atoms with E-state index in [1.807, 2.05) is 26.0 Å². The van der Waals surface area contributed by atoms with Crippen molar-refractivity contribution in [1.82, 2.24) is 5.32 Å². The number of benzene rings is 2. The Kier molecular flexibility index (Phi) is 9.03. The van der Waals surface area contributed by atoms with Crippen molar-refractivity contribution in [2.45, 2.75) is 34.2 Å². The average Bonchev–Trinajstić information content (AvgIpc) is 3.50. The molecule has 0 bridgehead atoms. The van der Waals surface area contributed by atoms with Gasteiger partial charge in [-0.25, -0.2) is 4.79 Å². The van der Waals surface area contributed by atoms with Gasteiger partial charge in [0, 0.05) is 17.1 Å². The highest BCUT2D eigenvalue weighted by Gasteiger charge is 2.38. The molecule has 0 radical (unpaired) electrons. The largest absolute Gasteiger partial charge is 0.494 e. The van der Waals surface area contributed by atoms with Crippen LogP contribution in [0.2, 0.25) is 0 Å². The molecule has 0 saturated heterocycles. The zero-order chi connectivity index (χ0) is 29.5. The molecular formula is C31H31N3O7. The topological polar surface area (TPSA) is 127 Å². The Morgan fingerprint density at radius 2 is 1.61 bits per heavy atom. The molecule has 0 atom stereocenters. The van der Waals surface area contributed by atoms with Gasteiger partial charge in [-0.2, -0.15) is 0 Å². The van der Waals surface area contributed by atoms with Crippen LogP contribution in [0.15, 0.2) is 81.9 Å². The van der Waals surface area contributed by atoms with Gasteiger partial charge in [0.25, 0.3) is 5.91 Å². The molecule has 0 aliphatic carbocycles. The van der Waals surface area contributed by atoms with Crippen molar-refractivity contribution < 1.29 is 33.1 Å². The first-order valence-electron chi connectivity index (χ1n) is 13.1. The fourth-order valence-electron chi connectivity index (χ4n) is 4.23. The van der Waals surface area contributed by atoms with Gasteiger partial charge in [0.1, 0.15) is 17.3 Å². The van der Waals surface area contributed by atoms with Gasteiger partial charge in [0.05, 0.1) is 30.9 Å². The van der Waals surface area contributed by atoms with Gasteiger partial charge in [-0.3, -0.25) is 19.3 Å². The van der Waals surface area contributed by atoms with Crippen molar-refractivity contribution in [2.24, 2.45) is 0 Å². The molecule has 41 heavy (non-hydrogen) atoms. The number of hydrogen-bond donors (Lipinski definition) is 2. The summed E-state index contributed by atoms with van der Waals surface area (Å²) in [5.74, 6) is -1.40. The number of anilines is 2. The Morgan fingerprint density at radius 3 is 2.27 bits per heavy atom. The van der Waals surface area contributed by atoms with E-state index in [0.717, 1.165) is 5.56 Å². The Morgan fingerprint density at radius 1 is 0.902 bits per heavy atom. The van der Waals surface area contributed by atoms with Gasteiger partial charge >= 0.3 is 17.8 Å². The van der Waals surface area contributed by atoms with Gasteiger partial charge in [-0.05, 0) is 82.3 Å². The highest BCUT2D eigenvalue weighted by atomic mass is 16.5. The number of nitrogens with zero attached hydrogens (tertiary/aromatic N) is 1. The van der Waals surface area contributed by atoms with E-state index in [4.69, 9.17) is 13.9 Å². The molecule has 0 fully saturated rings. The zero-order valence-corrected chi connectivity index (χ0v) is 23.3. The molecule has 2 heterocycles. The van der Waals surface area contributed by atoms with Gasteiger partial charge < -0.3 is 24.5 Å². The second-order valence-corrected chi connectivity index (χ2v) is 9.11. The Bertz CT molecular complexity index is 1520. The molecule has 0 spiro atoms. The molecule has 1 aliphatic rings. The first-order chi connectivity index (χ1) is 19.7. The summed E-state index contributed by atoms with van der Waals surface area (Å²) in [4.78, 5) is 52.3. The SMILES string of the molecule is CCOC(=O)C1=C(C)N(c2ccc(OCC)cc2)C(=O)/C1=C/c1ccc(CNC(=O)C(=O)Nc2ccc(C)cc2)o1. The van der Waals surface area contributed by atoms with E-state index in [1.165, 1.54) is 11.0 Å². The summed E-state index contributed by atoms with van der Waals surface area (Å²) in [5.41, 5.74) is 2.75. The lowest BCUT2D eigenvalue weighted by Gasteiger charge is -2.18. The quantitative estimate of drug-likeness (QED) is 0.225. The van der Waals surface area contributed by atoms with Crippen LogP contribution in [0.4, 0.5) is 11.4 Å².